The zero-order valence-corrected chi connectivity index (χ0v) is 10.0. The summed E-state index contributed by atoms with van der Waals surface area (Å²) in [5, 5.41) is 0. The van der Waals surface area contributed by atoms with E-state index in [1.807, 2.05) is 0 Å². The number of ether oxygens (including phenoxy) is 2. The zero-order valence-electron chi connectivity index (χ0n) is 10.0. The van der Waals surface area contributed by atoms with Crippen molar-refractivity contribution in [3.05, 3.63) is 23.8 Å². The van der Waals surface area contributed by atoms with Gasteiger partial charge in [-0.05, 0) is 24.5 Å². The molecule has 0 aliphatic heterocycles. The first-order valence-electron chi connectivity index (χ1n) is 5.43. The number of carbonyl (C=O) groups excluding carboxylic acids is 1. The van der Waals surface area contributed by atoms with Crippen LogP contribution in [-0.4, -0.2) is 20.0 Å². The van der Waals surface area contributed by atoms with Crippen molar-refractivity contribution in [1.82, 2.24) is 0 Å². The molecule has 1 aromatic carbocycles. The van der Waals surface area contributed by atoms with Gasteiger partial charge in [0.05, 0.1) is 19.3 Å². The van der Waals surface area contributed by atoms with Crippen LogP contribution in [0.1, 0.15) is 30.6 Å². The lowest BCUT2D eigenvalue weighted by Crippen LogP contribution is -2.02. The third-order valence-electron chi connectivity index (χ3n) is 2.30. The van der Waals surface area contributed by atoms with Crippen molar-refractivity contribution >= 4 is 6.29 Å². The molecule has 0 spiro atoms. The molecule has 3 nitrogen and oxygen atoms in total. The fourth-order valence-electron chi connectivity index (χ4n) is 1.29. The molecule has 0 aromatic heterocycles. The van der Waals surface area contributed by atoms with E-state index in [4.69, 9.17) is 9.47 Å². The SMILES string of the molecule is COc1cc(OCCC(C)C)ccc1C=O. The fraction of sp³-hybridized carbons (Fsp3) is 0.462. The maximum Gasteiger partial charge on any atom is 0.153 e. The minimum Gasteiger partial charge on any atom is -0.496 e. The molecule has 0 saturated heterocycles. The van der Waals surface area contributed by atoms with Crippen LogP contribution in [0.25, 0.3) is 0 Å². The molecule has 3 heteroatoms. The summed E-state index contributed by atoms with van der Waals surface area (Å²) in [5.41, 5.74) is 0.540. The maximum atomic E-state index is 10.7. The Hall–Kier alpha value is -1.51. The van der Waals surface area contributed by atoms with Gasteiger partial charge in [-0.25, -0.2) is 0 Å². The highest BCUT2D eigenvalue weighted by Crippen LogP contribution is 2.23. The van der Waals surface area contributed by atoms with Gasteiger partial charge in [-0.2, -0.15) is 0 Å². The van der Waals surface area contributed by atoms with Gasteiger partial charge in [-0.15, -0.1) is 0 Å². The number of hydrogen-bond acceptors (Lipinski definition) is 3. The van der Waals surface area contributed by atoms with E-state index < -0.39 is 0 Å². The van der Waals surface area contributed by atoms with Crippen molar-refractivity contribution in [2.75, 3.05) is 13.7 Å². The van der Waals surface area contributed by atoms with Crippen molar-refractivity contribution in [2.24, 2.45) is 5.92 Å². The van der Waals surface area contributed by atoms with E-state index in [0.717, 1.165) is 18.5 Å². The lowest BCUT2D eigenvalue weighted by Gasteiger charge is -2.10. The molecule has 0 aliphatic carbocycles. The van der Waals surface area contributed by atoms with E-state index in [2.05, 4.69) is 13.8 Å². The zero-order chi connectivity index (χ0) is 12.0. The summed E-state index contributed by atoms with van der Waals surface area (Å²) in [4.78, 5) is 10.7. The van der Waals surface area contributed by atoms with E-state index in [0.29, 0.717) is 23.8 Å². The molecule has 0 atom stereocenters. The number of hydrogen-bond donors (Lipinski definition) is 0. The van der Waals surface area contributed by atoms with Gasteiger partial charge in [0.1, 0.15) is 11.5 Å². The Morgan fingerprint density at radius 1 is 1.38 bits per heavy atom. The third kappa shape index (κ3) is 3.57. The second-order valence-electron chi connectivity index (χ2n) is 4.05. The van der Waals surface area contributed by atoms with Crippen LogP contribution in [0.3, 0.4) is 0 Å². The Bertz CT molecular complexity index is 345. The maximum absolute atomic E-state index is 10.7. The van der Waals surface area contributed by atoms with Crippen molar-refractivity contribution in [3.8, 4) is 11.5 Å². The molecule has 0 heterocycles. The lowest BCUT2D eigenvalue weighted by molar-refractivity contribution is 0.112. The van der Waals surface area contributed by atoms with Crippen LogP contribution >= 0.6 is 0 Å². The Labute approximate surface area is 96.4 Å². The molecule has 88 valence electrons. The Balaban J connectivity index is 2.64. The number of carbonyl (C=O) groups is 1. The summed E-state index contributed by atoms with van der Waals surface area (Å²) in [6.45, 7) is 4.99. The normalized spacial score (nSPS) is 10.2. The summed E-state index contributed by atoms with van der Waals surface area (Å²) < 4.78 is 10.7. The second-order valence-corrected chi connectivity index (χ2v) is 4.05. The monoisotopic (exact) mass is 222 g/mol. The number of rotatable bonds is 6. The van der Waals surface area contributed by atoms with E-state index in [9.17, 15) is 4.79 Å². The minimum absolute atomic E-state index is 0.540. The van der Waals surface area contributed by atoms with Crippen LogP contribution in [0.2, 0.25) is 0 Å². The van der Waals surface area contributed by atoms with Crippen LogP contribution in [0.15, 0.2) is 18.2 Å². The topological polar surface area (TPSA) is 35.5 Å². The summed E-state index contributed by atoms with van der Waals surface area (Å²) in [7, 11) is 1.54. The van der Waals surface area contributed by atoms with Crippen LogP contribution in [0, 0.1) is 5.92 Å². The van der Waals surface area contributed by atoms with E-state index in [1.165, 1.54) is 0 Å². The third-order valence-corrected chi connectivity index (χ3v) is 2.30. The Kier molecular flexibility index (Phi) is 4.83. The van der Waals surface area contributed by atoms with E-state index >= 15 is 0 Å². The average Bonchev–Trinajstić information content (AvgIpc) is 2.28. The smallest absolute Gasteiger partial charge is 0.153 e. The molecule has 0 radical (unpaired) electrons. The predicted molar refractivity (Wildman–Crippen MR) is 63.3 cm³/mol. The van der Waals surface area contributed by atoms with Gasteiger partial charge in [0, 0.05) is 6.07 Å². The van der Waals surface area contributed by atoms with Crippen molar-refractivity contribution in [3.63, 3.8) is 0 Å². The fourth-order valence-corrected chi connectivity index (χ4v) is 1.29. The van der Waals surface area contributed by atoms with Crippen molar-refractivity contribution in [2.45, 2.75) is 20.3 Å². The summed E-state index contributed by atoms with van der Waals surface area (Å²) in [6.07, 6.45) is 1.79. The molecule has 16 heavy (non-hydrogen) atoms. The molecule has 1 rings (SSSR count). The van der Waals surface area contributed by atoms with E-state index in [1.54, 1.807) is 25.3 Å². The van der Waals surface area contributed by atoms with Crippen LogP contribution in [0.4, 0.5) is 0 Å². The first-order valence-corrected chi connectivity index (χ1v) is 5.43. The van der Waals surface area contributed by atoms with Crippen LogP contribution < -0.4 is 9.47 Å². The first kappa shape index (κ1) is 12.6. The molecule has 0 bridgehead atoms. The second kappa shape index (κ2) is 6.16. The van der Waals surface area contributed by atoms with Gasteiger partial charge in [-0.3, -0.25) is 4.79 Å². The highest BCUT2D eigenvalue weighted by atomic mass is 16.5. The van der Waals surface area contributed by atoms with Crippen LogP contribution in [0.5, 0.6) is 11.5 Å². The van der Waals surface area contributed by atoms with E-state index in [-0.39, 0.29) is 0 Å². The highest BCUT2D eigenvalue weighted by molar-refractivity contribution is 5.79. The first-order chi connectivity index (χ1) is 7.67. The quantitative estimate of drug-likeness (QED) is 0.694. The standard InChI is InChI=1S/C13H18O3/c1-10(2)6-7-16-12-5-4-11(9-14)13(8-12)15-3/h4-5,8-10H,6-7H2,1-3H3. The largest absolute Gasteiger partial charge is 0.496 e. The van der Waals surface area contributed by atoms with Gasteiger partial charge >= 0.3 is 0 Å². The molecule has 0 unspecified atom stereocenters. The predicted octanol–water partition coefficient (Wildman–Crippen LogP) is 2.93. The molecule has 1 aromatic rings. The molecular weight excluding hydrogens is 204 g/mol. The summed E-state index contributed by atoms with van der Waals surface area (Å²) in [5.74, 6) is 1.91. The average molecular weight is 222 g/mol. The van der Waals surface area contributed by atoms with Crippen LogP contribution in [-0.2, 0) is 0 Å². The summed E-state index contributed by atoms with van der Waals surface area (Å²) >= 11 is 0. The number of benzene rings is 1. The molecule has 0 N–H and O–H groups in total. The van der Waals surface area contributed by atoms with Crippen molar-refractivity contribution in [1.29, 1.82) is 0 Å². The van der Waals surface area contributed by atoms with Gasteiger partial charge in [0.25, 0.3) is 0 Å². The molecule has 0 saturated carbocycles. The molecular formula is C13H18O3. The number of methoxy groups -OCH3 is 1. The summed E-state index contributed by atoms with van der Waals surface area (Å²) in [6, 6.07) is 5.23. The van der Waals surface area contributed by atoms with Gasteiger partial charge in [0.2, 0.25) is 0 Å². The van der Waals surface area contributed by atoms with Gasteiger partial charge in [0.15, 0.2) is 6.29 Å². The highest BCUT2D eigenvalue weighted by Gasteiger charge is 2.04. The molecule has 0 amide bonds. The molecule has 0 aliphatic rings. The lowest BCUT2D eigenvalue weighted by atomic mass is 10.1. The minimum atomic E-state index is 0.540. The molecule has 0 fully saturated rings. The van der Waals surface area contributed by atoms with Gasteiger partial charge < -0.3 is 9.47 Å². The number of aldehydes is 1. The Morgan fingerprint density at radius 3 is 2.69 bits per heavy atom. The van der Waals surface area contributed by atoms with Gasteiger partial charge in [-0.1, -0.05) is 13.8 Å². The Morgan fingerprint density at radius 2 is 2.12 bits per heavy atom. The van der Waals surface area contributed by atoms with Crippen molar-refractivity contribution < 1.29 is 14.3 Å².